The highest BCUT2D eigenvalue weighted by molar-refractivity contribution is 7.51. The Morgan fingerprint density at radius 1 is 1.24 bits per heavy atom. The summed E-state index contributed by atoms with van der Waals surface area (Å²) in [5.41, 5.74) is 4.70. The lowest BCUT2D eigenvalue weighted by Crippen LogP contribution is -2.45. The van der Waals surface area contributed by atoms with Gasteiger partial charge in [0.05, 0.1) is 19.3 Å². The Morgan fingerprint density at radius 2 is 1.95 bits per heavy atom. The van der Waals surface area contributed by atoms with E-state index in [9.17, 15) is 14.2 Å². The summed E-state index contributed by atoms with van der Waals surface area (Å²) in [6.07, 6.45) is -0.948. The van der Waals surface area contributed by atoms with Gasteiger partial charge in [-0.25, -0.2) is 14.4 Å². The second-order valence-electron chi connectivity index (χ2n) is 9.81. The molecule has 1 aromatic heterocycles. The van der Waals surface area contributed by atoms with Gasteiger partial charge in [-0.1, -0.05) is 30.3 Å². The van der Waals surface area contributed by atoms with Crippen molar-refractivity contribution in [3.05, 3.63) is 58.6 Å². The maximum Gasteiger partial charge on any atom is 0.406 e. The molecule has 0 aliphatic carbocycles. The molecule has 3 heterocycles. The number of nitrogens with one attached hydrogen (secondary N) is 1. The van der Waals surface area contributed by atoms with Gasteiger partial charge in [0.2, 0.25) is 0 Å². The first kappa shape index (κ1) is 27.6. The van der Waals surface area contributed by atoms with Crippen molar-refractivity contribution >= 4 is 19.3 Å². The number of fused-ring (bicyclic) bond motifs is 1. The van der Waals surface area contributed by atoms with Gasteiger partial charge >= 0.3 is 13.4 Å². The molecule has 2 aliphatic rings. The van der Waals surface area contributed by atoms with Gasteiger partial charge in [-0.15, -0.1) is 0 Å². The number of carbonyl (C=O) groups is 1. The summed E-state index contributed by atoms with van der Waals surface area (Å²) >= 11 is 0. The molecular weight excluding hydrogens is 503 g/mol. The van der Waals surface area contributed by atoms with Gasteiger partial charge in [0, 0.05) is 6.20 Å². The zero-order chi connectivity index (χ0) is 27.0. The first-order valence-electron chi connectivity index (χ1n) is 11.9. The van der Waals surface area contributed by atoms with Gasteiger partial charge in [-0.2, -0.15) is 4.98 Å². The van der Waals surface area contributed by atoms with Crippen molar-refractivity contribution in [2.75, 3.05) is 12.3 Å². The van der Waals surface area contributed by atoms with Crippen LogP contribution in [0.5, 0.6) is 0 Å². The minimum Gasteiger partial charge on any atom is -0.383 e. The number of ether oxygens (including phenoxy) is 3. The Labute approximate surface area is 215 Å². The topological polar surface area (TPSA) is 153 Å². The standard InChI is InChI=1S/C24H33N4O8P/c1-15(16(2)29)27-37(31,32-13-17-9-7-6-8-10-17)33-14-18-20-24(5,36-23(3,4)35-20)21(34-18)28-12-11-19(25)26-22(28)30/h6-12,15,18,20-21H,13-14H2,1-5H3,(H,27,31)(H2,25,26,30)/t15-,18+,20+,21+,24+,37?/m0/s1. The fourth-order valence-corrected chi connectivity index (χ4v) is 6.00. The fraction of sp³-hybridized carbons (Fsp3) is 0.542. The number of aromatic nitrogens is 2. The molecule has 202 valence electrons. The fourth-order valence-electron chi connectivity index (χ4n) is 4.46. The summed E-state index contributed by atoms with van der Waals surface area (Å²) in [7, 11) is -3.99. The molecule has 0 spiro atoms. The van der Waals surface area contributed by atoms with Crippen LogP contribution < -0.4 is 16.5 Å². The molecule has 0 radical (unpaired) electrons. The second-order valence-corrected chi connectivity index (χ2v) is 11.6. The molecule has 1 unspecified atom stereocenters. The summed E-state index contributed by atoms with van der Waals surface area (Å²) in [6.45, 7) is 7.96. The van der Waals surface area contributed by atoms with E-state index in [2.05, 4.69) is 10.1 Å². The molecule has 2 aromatic rings. The molecule has 0 saturated carbocycles. The Balaban J connectivity index is 1.57. The largest absolute Gasteiger partial charge is 0.406 e. The molecule has 2 fully saturated rings. The molecule has 0 bridgehead atoms. The van der Waals surface area contributed by atoms with Crippen LogP contribution in [0.3, 0.4) is 0 Å². The maximum atomic E-state index is 13.7. The number of anilines is 1. The van der Waals surface area contributed by atoms with Crippen LogP contribution in [-0.4, -0.2) is 51.6 Å². The Morgan fingerprint density at radius 3 is 2.59 bits per heavy atom. The average molecular weight is 537 g/mol. The van der Waals surface area contributed by atoms with Gasteiger partial charge in [0.25, 0.3) is 0 Å². The van der Waals surface area contributed by atoms with Crippen LogP contribution in [0.1, 0.15) is 46.4 Å². The van der Waals surface area contributed by atoms with Crippen LogP contribution in [0.2, 0.25) is 0 Å². The Bertz CT molecular complexity index is 1240. The number of nitrogens with zero attached hydrogens (tertiary/aromatic N) is 2. The third kappa shape index (κ3) is 6.01. The summed E-state index contributed by atoms with van der Waals surface area (Å²) in [5.74, 6) is -1.15. The predicted octanol–water partition coefficient (Wildman–Crippen LogP) is 2.54. The highest BCUT2D eigenvalue weighted by Gasteiger charge is 2.64. The number of benzene rings is 1. The highest BCUT2D eigenvalue weighted by Crippen LogP contribution is 2.52. The van der Waals surface area contributed by atoms with Crippen molar-refractivity contribution < 1.29 is 32.6 Å². The number of ketones is 1. The van der Waals surface area contributed by atoms with Crippen LogP contribution in [0, 0.1) is 0 Å². The van der Waals surface area contributed by atoms with Crippen molar-refractivity contribution in [2.24, 2.45) is 0 Å². The molecule has 4 rings (SSSR count). The number of nitrogens with two attached hydrogens (primary N) is 1. The lowest BCUT2D eigenvalue weighted by molar-refractivity contribution is -0.217. The molecule has 1 aromatic carbocycles. The number of carbonyl (C=O) groups excluding carboxylic acids is 1. The van der Waals surface area contributed by atoms with E-state index < -0.39 is 49.3 Å². The minimum absolute atomic E-state index is 0.00974. The minimum atomic E-state index is -3.99. The van der Waals surface area contributed by atoms with Crippen LogP contribution in [0.25, 0.3) is 0 Å². The van der Waals surface area contributed by atoms with Gasteiger partial charge in [-0.3, -0.25) is 18.4 Å². The van der Waals surface area contributed by atoms with E-state index >= 15 is 0 Å². The first-order valence-corrected chi connectivity index (χ1v) is 13.5. The number of hydrogen-bond acceptors (Lipinski definition) is 10. The van der Waals surface area contributed by atoms with E-state index in [1.54, 1.807) is 27.7 Å². The molecular formula is C24H33N4O8P. The number of rotatable bonds is 10. The van der Waals surface area contributed by atoms with Crippen molar-refractivity contribution in [3.8, 4) is 0 Å². The number of hydrogen-bond donors (Lipinski definition) is 2. The molecule has 3 N–H and O–H groups in total. The zero-order valence-electron chi connectivity index (χ0n) is 21.5. The van der Waals surface area contributed by atoms with E-state index in [-0.39, 0.29) is 24.8 Å². The predicted molar refractivity (Wildman–Crippen MR) is 133 cm³/mol. The van der Waals surface area contributed by atoms with Crippen LogP contribution >= 0.6 is 7.75 Å². The van der Waals surface area contributed by atoms with E-state index in [1.807, 2.05) is 30.3 Å². The monoisotopic (exact) mass is 536 g/mol. The quantitative estimate of drug-likeness (QED) is 0.431. The Kier molecular flexibility index (Phi) is 7.74. The van der Waals surface area contributed by atoms with Gasteiger partial charge in [-0.05, 0) is 46.2 Å². The third-order valence-electron chi connectivity index (χ3n) is 6.29. The highest BCUT2D eigenvalue weighted by atomic mass is 31.2. The van der Waals surface area contributed by atoms with Crippen molar-refractivity contribution in [3.63, 3.8) is 0 Å². The third-order valence-corrected chi connectivity index (χ3v) is 7.95. The number of Topliss-reactive ketones (excluding diaryl/α,β-unsaturated/α-hetero) is 1. The summed E-state index contributed by atoms with van der Waals surface area (Å²) in [6, 6.07) is 9.85. The average Bonchev–Trinajstić information content (AvgIpc) is 3.22. The number of nitrogen functional groups attached to an aromatic ring is 1. The van der Waals surface area contributed by atoms with Crippen molar-refractivity contribution in [2.45, 2.75) is 77.1 Å². The molecule has 0 amide bonds. The molecule has 37 heavy (non-hydrogen) atoms. The molecule has 2 aliphatic heterocycles. The van der Waals surface area contributed by atoms with Crippen LogP contribution in [-0.2, 0) is 39.2 Å². The smallest absolute Gasteiger partial charge is 0.383 e. The second kappa shape index (κ2) is 10.4. The lowest BCUT2D eigenvalue weighted by Gasteiger charge is -2.30. The molecule has 6 atom stereocenters. The van der Waals surface area contributed by atoms with E-state index in [0.717, 1.165) is 5.56 Å². The summed E-state index contributed by atoms with van der Waals surface area (Å²) in [4.78, 5) is 28.3. The van der Waals surface area contributed by atoms with Gasteiger partial charge < -0.3 is 19.9 Å². The maximum absolute atomic E-state index is 13.7. The normalized spacial score (nSPS) is 28.9. The molecule has 13 heteroatoms. The van der Waals surface area contributed by atoms with Crippen LogP contribution in [0.15, 0.2) is 47.4 Å². The summed E-state index contributed by atoms with van der Waals surface area (Å²) in [5, 5.41) is 2.69. The van der Waals surface area contributed by atoms with Crippen molar-refractivity contribution in [1.82, 2.24) is 14.6 Å². The van der Waals surface area contributed by atoms with E-state index in [1.165, 1.54) is 23.8 Å². The molecule has 2 saturated heterocycles. The van der Waals surface area contributed by atoms with Gasteiger partial charge in [0.15, 0.2) is 12.0 Å². The summed E-state index contributed by atoms with van der Waals surface area (Å²) < 4.78 is 44.9. The zero-order valence-corrected chi connectivity index (χ0v) is 22.3. The van der Waals surface area contributed by atoms with Crippen molar-refractivity contribution in [1.29, 1.82) is 0 Å². The first-order chi connectivity index (χ1) is 17.3. The Hall–Kier alpha value is -2.44. The molecule has 12 nitrogen and oxygen atoms in total. The lowest BCUT2D eigenvalue weighted by atomic mass is 9.96. The van der Waals surface area contributed by atoms with E-state index in [0.29, 0.717) is 0 Å². The van der Waals surface area contributed by atoms with Gasteiger partial charge in [0.1, 0.15) is 29.4 Å². The van der Waals surface area contributed by atoms with Crippen LogP contribution in [0.4, 0.5) is 5.82 Å². The SMILES string of the molecule is CC(=O)[C@H](C)NP(=O)(OCc1ccccc1)OC[C@H]1O[C@@H](n2ccc(N)nc2=O)[C@]2(C)OC(C)(C)O[C@H]12. The van der Waals surface area contributed by atoms with E-state index in [4.69, 9.17) is 29.0 Å².